The molecule has 0 saturated carbocycles. The number of alkyl halides is 3. The molecule has 0 spiro atoms. The molecule has 0 aliphatic rings. The molecule has 0 aliphatic carbocycles. The number of nitrogens with zero attached hydrogens (tertiary/aromatic N) is 3. The van der Waals surface area contributed by atoms with Crippen molar-refractivity contribution in [1.29, 1.82) is 0 Å². The van der Waals surface area contributed by atoms with E-state index in [1.54, 1.807) is 38.4 Å². The monoisotopic (exact) mass is 423 g/mol. The summed E-state index contributed by atoms with van der Waals surface area (Å²) in [5, 5.41) is 3.53. The first kappa shape index (κ1) is 25.3. The maximum Gasteiger partial charge on any atom is 0.446 e. The average molecular weight is 424 g/mol. The van der Waals surface area contributed by atoms with Gasteiger partial charge in [-0.05, 0) is 24.7 Å². The predicted molar refractivity (Wildman–Crippen MR) is 98.8 cm³/mol. The van der Waals surface area contributed by atoms with Gasteiger partial charge in [0.2, 0.25) is 18.7 Å². The molecule has 156 valence electrons. The zero-order valence-electron chi connectivity index (χ0n) is 15.2. The fraction of sp³-hybridized carbons (Fsp3) is 0.375. The van der Waals surface area contributed by atoms with Crippen molar-refractivity contribution in [3.63, 3.8) is 0 Å². The largest absolute Gasteiger partial charge is 0.446 e. The number of amides is 3. The van der Waals surface area contributed by atoms with E-state index >= 15 is 0 Å². The smallest absolute Gasteiger partial charge is 0.369 e. The molecule has 0 aliphatic heterocycles. The fourth-order valence-corrected chi connectivity index (χ4v) is 1.71. The van der Waals surface area contributed by atoms with Gasteiger partial charge in [0, 0.05) is 25.2 Å². The van der Waals surface area contributed by atoms with Gasteiger partial charge in [-0.2, -0.15) is 18.2 Å². The molecule has 0 heterocycles. The summed E-state index contributed by atoms with van der Waals surface area (Å²) in [4.78, 5) is 38.0. The van der Waals surface area contributed by atoms with E-state index in [1.807, 2.05) is 0 Å². The van der Waals surface area contributed by atoms with Crippen LogP contribution in [0.1, 0.15) is 5.56 Å². The van der Waals surface area contributed by atoms with Gasteiger partial charge in [-0.1, -0.05) is 23.7 Å². The molecule has 3 N–H and O–H groups in total. The minimum Gasteiger partial charge on any atom is -0.369 e. The van der Waals surface area contributed by atoms with E-state index in [1.165, 1.54) is 4.90 Å². The number of nitrogens with two attached hydrogens (primary N) is 1. The standard InChI is InChI=1S/C14H20ClN5O2.C2HF3O/c1-17-7-8-19(2)14(22)18-13(16)20(10-21)9-11-3-5-12(15)6-4-11;3-2(4,5)1-6/h3-6,10,17H,7-9H2,1-2H3,(H2,16,18,22);1H. The lowest BCUT2D eigenvalue weighted by atomic mass is 10.2. The number of carbonyl (C=O) groups is 3. The quantitative estimate of drug-likeness (QED) is 0.411. The summed E-state index contributed by atoms with van der Waals surface area (Å²) in [6, 6.07) is 6.46. The number of urea groups is 1. The van der Waals surface area contributed by atoms with Crippen LogP contribution in [0.3, 0.4) is 0 Å². The first-order valence-corrected chi connectivity index (χ1v) is 8.15. The Morgan fingerprint density at radius 2 is 1.82 bits per heavy atom. The van der Waals surface area contributed by atoms with Gasteiger partial charge in [0.05, 0.1) is 6.54 Å². The van der Waals surface area contributed by atoms with E-state index in [4.69, 9.17) is 22.1 Å². The molecule has 0 aromatic heterocycles. The number of guanidine groups is 1. The number of nitrogens with one attached hydrogen (secondary N) is 1. The SMILES string of the molecule is CNCCN(C)C(=O)/N=C(/N)N(C=O)Cc1ccc(Cl)cc1.O=CC(F)(F)F. The molecule has 0 radical (unpaired) electrons. The number of halogens is 4. The Balaban J connectivity index is 0.00000105. The lowest BCUT2D eigenvalue weighted by Gasteiger charge is -2.18. The van der Waals surface area contributed by atoms with Crippen LogP contribution < -0.4 is 11.1 Å². The second-order valence-electron chi connectivity index (χ2n) is 5.30. The summed E-state index contributed by atoms with van der Waals surface area (Å²) in [5.74, 6) is -0.147. The summed E-state index contributed by atoms with van der Waals surface area (Å²) in [6.07, 6.45) is -5.17. The maximum atomic E-state index is 11.8. The van der Waals surface area contributed by atoms with Gasteiger partial charge in [0.15, 0.2) is 0 Å². The third kappa shape index (κ3) is 11.1. The van der Waals surface area contributed by atoms with Gasteiger partial charge in [0.1, 0.15) is 0 Å². The van der Waals surface area contributed by atoms with Crippen molar-refractivity contribution in [2.45, 2.75) is 12.7 Å². The molecule has 0 bridgehead atoms. The van der Waals surface area contributed by atoms with E-state index in [9.17, 15) is 22.8 Å². The molecule has 1 aromatic carbocycles. The van der Waals surface area contributed by atoms with Crippen LogP contribution in [0.5, 0.6) is 0 Å². The van der Waals surface area contributed by atoms with Gasteiger partial charge in [0.25, 0.3) is 0 Å². The number of benzene rings is 1. The molecule has 1 rings (SSSR count). The Morgan fingerprint density at radius 1 is 1.29 bits per heavy atom. The third-order valence-corrected chi connectivity index (χ3v) is 3.31. The third-order valence-electron chi connectivity index (χ3n) is 3.06. The summed E-state index contributed by atoms with van der Waals surface area (Å²) in [5.41, 5.74) is 6.55. The highest BCUT2D eigenvalue weighted by atomic mass is 35.5. The second-order valence-corrected chi connectivity index (χ2v) is 5.73. The van der Waals surface area contributed by atoms with Gasteiger partial charge in [-0.25, -0.2) is 4.79 Å². The van der Waals surface area contributed by atoms with Crippen molar-refractivity contribution in [2.75, 3.05) is 27.2 Å². The molecular weight excluding hydrogens is 403 g/mol. The Bertz CT molecular complexity index is 668. The number of carbonyl (C=O) groups excluding carboxylic acids is 3. The average Bonchev–Trinajstić information content (AvgIpc) is 2.65. The highest BCUT2D eigenvalue weighted by Crippen LogP contribution is 2.11. The lowest BCUT2D eigenvalue weighted by Crippen LogP contribution is -2.38. The molecule has 8 nitrogen and oxygen atoms in total. The van der Waals surface area contributed by atoms with E-state index in [2.05, 4.69) is 10.3 Å². The highest BCUT2D eigenvalue weighted by Gasteiger charge is 2.24. The number of hydrogen-bond acceptors (Lipinski definition) is 4. The molecule has 1 aromatic rings. The molecule has 28 heavy (non-hydrogen) atoms. The van der Waals surface area contributed by atoms with E-state index in [0.29, 0.717) is 24.5 Å². The summed E-state index contributed by atoms with van der Waals surface area (Å²) < 4.78 is 31.2. The summed E-state index contributed by atoms with van der Waals surface area (Å²) in [6.45, 7) is 1.34. The molecule has 12 heteroatoms. The normalized spacial score (nSPS) is 11.1. The molecule has 0 unspecified atom stereocenters. The van der Waals surface area contributed by atoms with Crippen molar-refractivity contribution < 1.29 is 27.6 Å². The van der Waals surface area contributed by atoms with Crippen LogP contribution in [0.4, 0.5) is 18.0 Å². The number of hydrogen-bond donors (Lipinski definition) is 2. The van der Waals surface area contributed by atoms with Crippen LogP contribution in [0, 0.1) is 0 Å². The van der Waals surface area contributed by atoms with E-state index in [-0.39, 0.29) is 12.5 Å². The van der Waals surface area contributed by atoms with Crippen molar-refractivity contribution in [2.24, 2.45) is 10.7 Å². The second kappa shape index (κ2) is 12.7. The van der Waals surface area contributed by atoms with Gasteiger partial charge in [-0.3, -0.25) is 14.5 Å². The number of aldehydes is 1. The molecular formula is C16H21ClF3N5O3. The Hall–Kier alpha value is -2.66. The fourth-order valence-electron chi connectivity index (χ4n) is 1.58. The van der Waals surface area contributed by atoms with Crippen molar-refractivity contribution >= 4 is 36.3 Å². The van der Waals surface area contributed by atoms with Crippen LogP contribution in [0.25, 0.3) is 0 Å². The minimum atomic E-state index is -4.64. The van der Waals surface area contributed by atoms with E-state index in [0.717, 1.165) is 10.5 Å². The van der Waals surface area contributed by atoms with Crippen molar-refractivity contribution in [3.8, 4) is 0 Å². The Kier molecular flexibility index (Phi) is 11.5. The van der Waals surface area contributed by atoms with E-state index < -0.39 is 18.5 Å². The van der Waals surface area contributed by atoms with Crippen LogP contribution in [-0.4, -0.2) is 67.8 Å². The van der Waals surface area contributed by atoms with Crippen LogP contribution >= 0.6 is 11.6 Å². The lowest BCUT2D eigenvalue weighted by molar-refractivity contribution is -0.156. The Labute approximate surface area is 165 Å². The number of likely N-dealkylation sites (N-methyl/N-ethyl adjacent to an activating group) is 2. The van der Waals surface area contributed by atoms with Gasteiger partial charge in [-0.15, -0.1) is 0 Å². The highest BCUT2D eigenvalue weighted by molar-refractivity contribution is 6.30. The topological polar surface area (TPSA) is 108 Å². The molecule has 3 amide bonds. The summed E-state index contributed by atoms with van der Waals surface area (Å²) in [7, 11) is 3.40. The first-order chi connectivity index (χ1) is 13.0. The maximum absolute atomic E-state index is 11.8. The van der Waals surface area contributed by atoms with Crippen molar-refractivity contribution in [1.82, 2.24) is 15.1 Å². The minimum absolute atomic E-state index is 0.147. The predicted octanol–water partition coefficient (Wildman–Crippen LogP) is 1.63. The van der Waals surface area contributed by atoms with Crippen LogP contribution in [0.2, 0.25) is 5.02 Å². The van der Waals surface area contributed by atoms with Gasteiger partial charge >= 0.3 is 12.2 Å². The molecule has 0 fully saturated rings. The zero-order valence-corrected chi connectivity index (χ0v) is 16.0. The number of aliphatic imine (C=N–C) groups is 1. The molecule has 0 saturated heterocycles. The number of rotatable bonds is 6. The summed E-state index contributed by atoms with van der Waals surface area (Å²) >= 11 is 5.80. The van der Waals surface area contributed by atoms with Gasteiger partial charge < -0.3 is 16.0 Å². The Morgan fingerprint density at radius 3 is 2.25 bits per heavy atom. The zero-order chi connectivity index (χ0) is 21.7. The molecule has 0 atom stereocenters. The van der Waals surface area contributed by atoms with Crippen LogP contribution in [0.15, 0.2) is 29.3 Å². The van der Waals surface area contributed by atoms with Crippen LogP contribution in [-0.2, 0) is 16.1 Å². The first-order valence-electron chi connectivity index (χ1n) is 7.77. The van der Waals surface area contributed by atoms with Crippen molar-refractivity contribution in [3.05, 3.63) is 34.9 Å².